The minimum absolute atomic E-state index is 0.218. The second-order valence-electron chi connectivity index (χ2n) is 4.60. The fourth-order valence-corrected chi connectivity index (χ4v) is 2.35. The van der Waals surface area contributed by atoms with E-state index in [4.69, 9.17) is 9.84 Å². The van der Waals surface area contributed by atoms with Gasteiger partial charge in [-0.3, -0.25) is 9.69 Å². The van der Waals surface area contributed by atoms with Gasteiger partial charge in [0.2, 0.25) is 0 Å². The van der Waals surface area contributed by atoms with Crippen LogP contribution < -0.4 is 4.74 Å². The van der Waals surface area contributed by atoms with E-state index in [-0.39, 0.29) is 5.92 Å². The number of carboxylic acid groups (broad SMARTS) is 1. The standard InChI is InChI=1S/C14H19NO3/c1-2-18-13-6-4-3-5-11(13)9-15-8-7-12(10-15)14(16)17/h3-6,12H,2,7-10H2,1H3,(H,16,17). The lowest BCUT2D eigenvalue weighted by molar-refractivity contribution is -0.141. The number of ether oxygens (including phenoxy) is 1. The van der Waals surface area contributed by atoms with Crippen LogP contribution in [0.15, 0.2) is 24.3 Å². The van der Waals surface area contributed by atoms with E-state index in [0.717, 1.165) is 30.8 Å². The van der Waals surface area contributed by atoms with E-state index in [1.165, 1.54) is 0 Å². The number of likely N-dealkylation sites (tertiary alicyclic amines) is 1. The van der Waals surface area contributed by atoms with Gasteiger partial charge >= 0.3 is 5.97 Å². The Morgan fingerprint density at radius 1 is 1.50 bits per heavy atom. The fourth-order valence-electron chi connectivity index (χ4n) is 2.35. The lowest BCUT2D eigenvalue weighted by Gasteiger charge is -2.17. The molecule has 0 saturated carbocycles. The molecule has 18 heavy (non-hydrogen) atoms. The molecule has 1 saturated heterocycles. The van der Waals surface area contributed by atoms with E-state index in [9.17, 15) is 4.79 Å². The monoisotopic (exact) mass is 249 g/mol. The number of carbonyl (C=O) groups is 1. The molecule has 4 nitrogen and oxygen atoms in total. The maximum Gasteiger partial charge on any atom is 0.307 e. The number of para-hydroxylation sites is 1. The van der Waals surface area contributed by atoms with Gasteiger partial charge in [-0.2, -0.15) is 0 Å². The van der Waals surface area contributed by atoms with Crippen LogP contribution in [0.3, 0.4) is 0 Å². The summed E-state index contributed by atoms with van der Waals surface area (Å²) in [4.78, 5) is 13.1. The van der Waals surface area contributed by atoms with Crippen molar-refractivity contribution in [2.75, 3.05) is 19.7 Å². The van der Waals surface area contributed by atoms with E-state index in [1.807, 2.05) is 31.2 Å². The Labute approximate surface area is 107 Å². The Hall–Kier alpha value is -1.55. The molecule has 1 aromatic carbocycles. The predicted octanol–water partition coefficient (Wildman–Crippen LogP) is 1.99. The Morgan fingerprint density at radius 2 is 2.28 bits per heavy atom. The molecule has 98 valence electrons. The Balaban J connectivity index is 2.00. The van der Waals surface area contributed by atoms with Crippen molar-refractivity contribution in [3.63, 3.8) is 0 Å². The lowest BCUT2D eigenvalue weighted by Crippen LogP contribution is -2.23. The molecule has 0 bridgehead atoms. The maximum absolute atomic E-state index is 10.9. The summed E-state index contributed by atoms with van der Waals surface area (Å²) in [6.45, 7) is 4.86. The van der Waals surface area contributed by atoms with Gasteiger partial charge in [0.05, 0.1) is 12.5 Å². The van der Waals surface area contributed by atoms with Gasteiger partial charge in [0.25, 0.3) is 0 Å². The molecule has 1 aliphatic rings. The SMILES string of the molecule is CCOc1ccccc1CN1CCC(C(=O)O)C1. The second kappa shape index (κ2) is 5.87. The van der Waals surface area contributed by atoms with Crippen molar-refractivity contribution in [3.05, 3.63) is 29.8 Å². The first-order chi connectivity index (χ1) is 8.70. The van der Waals surface area contributed by atoms with Gasteiger partial charge in [-0.15, -0.1) is 0 Å². The molecule has 1 fully saturated rings. The molecule has 1 aliphatic heterocycles. The topological polar surface area (TPSA) is 49.8 Å². The summed E-state index contributed by atoms with van der Waals surface area (Å²) in [5.41, 5.74) is 1.13. The third-order valence-corrected chi connectivity index (χ3v) is 3.29. The van der Waals surface area contributed by atoms with Crippen molar-refractivity contribution < 1.29 is 14.6 Å². The molecular formula is C14H19NO3. The molecule has 1 unspecified atom stereocenters. The van der Waals surface area contributed by atoms with Gasteiger partial charge in [0.1, 0.15) is 5.75 Å². The number of aliphatic carboxylic acids is 1. The number of carboxylic acids is 1. The molecule has 0 aliphatic carbocycles. The van der Waals surface area contributed by atoms with Crippen molar-refractivity contribution in [2.45, 2.75) is 19.9 Å². The van der Waals surface area contributed by atoms with Crippen molar-refractivity contribution in [1.82, 2.24) is 4.90 Å². The Bertz CT molecular complexity index is 419. The van der Waals surface area contributed by atoms with E-state index >= 15 is 0 Å². The van der Waals surface area contributed by atoms with Crippen LogP contribution in [-0.2, 0) is 11.3 Å². The zero-order chi connectivity index (χ0) is 13.0. The number of benzene rings is 1. The van der Waals surface area contributed by atoms with Crippen molar-refractivity contribution >= 4 is 5.97 Å². The summed E-state index contributed by atoms with van der Waals surface area (Å²) in [5, 5.41) is 8.98. The van der Waals surface area contributed by atoms with Crippen LogP contribution in [0.5, 0.6) is 5.75 Å². The summed E-state index contributed by atoms with van der Waals surface area (Å²) in [5.74, 6) is -0.00127. The van der Waals surface area contributed by atoms with Crippen molar-refractivity contribution in [3.8, 4) is 5.75 Å². The van der Waals surface area contributed by atoms with E-state index in [1.54, 1.807) is 0 Å². The number of hydrogen-bond donors (Lipinski definition) is 1. The molecule has 1 N–H and O–H groups in total. The van der Waals surface area contributed by atoms with Crippen molar-refractivity contribution in [1.29, 1.82) is 0 Å². The Kier molecular flexibility index (Phi) is 4.20. The minimum atomic E-state index is -0.685. The first kappa shape index (κ1) is 12.9. The fraction of sp³-hybridized carbons (Fsp3) is 0.500. The molecule has 0 amide bonds. The van der Waals surface area contributed by atoms with Crippen LogP contribution in [0.25, 0.3) is 0 Å². The van der Waals surface area contributed by atoms with Gasteiger partial charge in [0.15, 0.2) is 0 Å². The first-order valence-electron chi connectivity index (χ1n) is 6.36. The highest BCUT2D eigenvalue weighted by atomic mass is 16.5. The average molecular weight is 249 g/mol. The van der Waals surface area contributed by atoms with Crippen molar-refractivity contribution in [2.24, 2.45) is 5.92 Å². The smallest absolute Gasteiger partial charge is 0.307 e. The average Bonchev–Trinajstić information content (AvgIpc) is 2.81. The lowest BCUT2D eigenvalue weighted by atomic mass is 10.1. The largest absolute Gasteiger partial charge is 0.494 e. The highest BCUT2D eigenvalue weighted by molar-refractivity contribution is 5.70. The van der Waals surface area contributed by atoms with Gasteiger partial charge in [0, 0.05) is 18.7 Å². The number of hydrogen-bond acceptors (Lipinski definition) is 3. The number of nitrogens with zero attached hydrogens (tertiary/aromatic N) is 1. The minimum Gasteiger partial charge on any atom is -0.494 e. The summed E-state index contributed by atoms with van der Waals surface area (Å²) < 4.78 is 5.58. The van der Waals surface area contributed by atoms with E-state index in [0.29, 0.717) is 13.2 Å². The summed E-state index contributed by atoms with van der Waals surface area (Å²) in [7, 11) is 0. The quantitative estimate of drug-likeness (QED) is 0.867. The normalized spacial score (nSPS) is 19.9. The zero-order valence-electron chi connectivity index (χ0n) is 10.6. The van der Waals surface area contributed by atoms with Crippen LogP contribution in [-0.4, -0.2) is 35.7 Å². The van der Waals surface area contributed by atoms with Crippen LogP contribution >= 0.6 is 0 Å². The predicted molar refractivity (Wildman–Crippen MR) is 68.6 cm³/mol. The van der Waals surface area contributed by atoms with E-state index < -0.39 is 5.97 Å². The van der Waals surface area contributed by atoms with Gasteiger partial charge < -0.3 is 9.84 Å². The third kappa shape index (κ3) is 3.01. The molecule has 0 radical (unpaired) electrons. The third-order valence-electron chi connectivity index (χ3n) is 3.29. The summed E-state index contributed by atoms with van der Waals surface area (Å²) in [6.07, 6.45) is 0.742. The van der Waals surface area contributed by atoms with Crippen LogP contribution in [0.2, 0.25) is 0 Å². The maximum atomic E-state index is 10.9. The van der Waals surface area contributed by atoms with Gasteiger partial charge in [-0.05, 0) is 26.0 Å². The molecule has 0 aromatic heterocycles. The Morgan fingerprint density at radius 3 is 2.94 bits per heavy atom. The van der Waals surface area contributed by atoms with E-state index in [2.05, 4.69) is 4.90 Å². The molecule has 1 aromatic rings. The first-order valence-corrected chi connectivity index (χ1v) is 6.36. The highest BCUT2D eigenvalue weighted by Gasteiger charge is 2.28. The zero-order valence-corrected chi connectivity index (χ0v) is 10.6. The summed E-state index contributed by atoms with van der Waals surface area (Å²) in [6, 6.07) is 7.95. The van der Waals surface area contributed by atoms with Crippen LogP contribution in [0, 0.1) is 5.92 Å². The molecule has 4 heteroatoms. The summed E-state index contributed by atoms with van der Waals surface area (Å²) >= 11 is 0. The molecule has 2 rings (SSSR count). The van der Waals surface area contributed by atoms with Gasteiger partial charge in [-0.25, -0.2) is 0 Å². The molecule has 1 heterocycles. The molecule has 0 spiro atoms. The number of rotatable bonds is 5. The molecule has 1 atom stereocenters. The second-order valence-corrected chi connectivity index (χ2v) is 4.60. The highest BCUT2D eigenvalue weighted by Crippen LogP contribution is 2.24. The van der Waals surface area contributed by atoms with Crippen LogP contribution in [0.1, 0.15) is 18.9 Å². The van der Waals surface area contributed by atoms with Gasteiger partial charge in [-0.1, -0.05) is 18.2 Å². The molecular weight excluding hydrogens is 230 g/mol. The van der Waals surface area contributed by atoms with Crippen LogP contribution in [0.4, 0.5) is 0 Å².